The molecular formula is C11H18. The summed E-state index contributed by atoms with van der Waals surface area (Å²) in [4.78, 5) is 0. The summed E-state index contributed by atoms with van der Waals surface area (Å²) in [5, 5.41) is 0. The highest BCUT2D eigenvalue weighted by Crippen LogP contribution is 2.45. The summed E-state index contributed by atoms with van der Waals surface area (Å²) in [5.74, 6) is 1.06. The molecule has 2 rings (SSSR count). The number of hydrogen-bond acceptors (Lipinski definition) is 0. The van der Waals surface area contributed by atoms with Crippen molar-refractivity contribution in [2.75, 3.05) is 0 Å². The predicted molar refractivity (Wildman–Crippen MR) is 48.5 cm³/mol. The molecule has 0 radical (unpaired) electrons. The number of rotatable bonds is 3. The van der Waals surface area contributed by atoms with E-state index in [2.05, 4.69) is 6.92 Å². The molecule has 0 aliphatic heterocycles. The molecule has 0 fully saturated rings. The third kappa shape index (κ3) is 1.36. The van der Waals surface area contributed by atoms with Crippen LogP contribution in [0.5, 0.6) is 0 Å². The minimum atomic E-state index is 1.06. The number of unbranched alkanes of at least 4 members (excludes halogenated alkanes) is 1. The van der Waals surface area contributed by atoms with Crippen LogP contribution in [0.3, 0.4) is 0 Å². The van der Waals surface area contributed by atoms with E-state index < -0.39 is 0 Å². The molecule has 0 spiro atoms. The van der Waals surface area contributed by atoms with Crippen molar-refractivity contribution >= 4 is 0 Å². The Labute approximate surface area is 69.7 Å². The quantitative estimate of drug-likeness (QED) is 0.538. The normalized spacial score (nSPS) is 23.7. The van der Waals surface area contributed by atoms with Gasteiger partial charge >= 0.3 is 0 Å². The zero-order valence-electron chi connectivity index (χ0n) is 7.53. The van der Waals surface area contributed by atoms with Gasteiger partial charge in [-0.15, -0.1) is 0 Å². The van der Waals surface area contributed by atoms with E-state index in [-0.39, 0.29) is 0 Å². The van der Waals surface area contributed by atoms with Gasteiger partial charge in [0.15, 0.2) is 0 Å². The molecule has 0 nitrogen and oxygen atoms in total. The Hall–Kier alpha value is -0.260. The van der Waals surface area contributed by atoms with Crippen molar-refractivity contribution in [3.63, 3.8) is 0 Å². The van der Waals surface area contributed by atoms with Crippen LogP contribution >= 0.6 is 0 Å². The molecule has 0 saturated carbocycles. The first-order valence-corrected chi connectivity index (χ1v) is 5.10. The summed E-state index contributed by atoms with van der Waals surface area (Å²) in [7, 11) is 0. The van der Waals surface area contributed by atoms with Gasteiger partial charge in [-0.05, 0) is 38.0 Å². The van der Waals surface area contributed by atoms with Gasteiger partial charge in [-0.1, -0.05) is 30.9 Å². The summed E-state index contributed by atoms with van der Waals surface area (Å²) < 4.78 is 0. The number of hydrogen-bond donors (Lipinski definition) is 0. The van der Waals surface area contributed by atoms with Crippen LogP contribution in [0.2, 0.25) is 0 Å². The molecule has 0 bridgehead atoms. The summed E-state index contributed by atoms with van der Waals surface area (Å²) in [6, 6.07) is 0. The lowest BCUT2D eigenvalue weighted by Gasteiger charge is -2.14. The highest BCUT2D eigenvalue weighted by atomic mass is 14.3. The molecule has 0 heterocycles. The first-order valence-electron chi connectivity index (χ1n) is 5.10. The largest absolute Gasteiger partial charge is 0.0704 e. The second-order valence-corrected chi connectivity index (χ2v) is 4.12. The summed E-state index contributed by atoms with van der Waals surface area (Å²) in [5.41, 5.74) is 3.68. The maximum Gasteiger partial charge on any atom is -0.0280 e. The second-order valence-electron chi connectivity index (χ2n) is 4.12. The lowest BCUT2D eigenvalue weighted by molar-refractivity contribution is 0.489. The molecule has 0 saturated heterocycles. The van der Waals surface area contributed by atoms with Gasteiger partial charge in [-0.25, -0.2) is 0 Å². The molecule has 62 valence electrons. The van der Waals surface area contributed by atoms with Crippen LogP contribution in [0.15, 0.2) is 11.1 Å². The van der Waals surface area contributed by atoms with Crippen molar-refractivity contribution in [3.05, 3.63) is 11.1 Å². The standard InChI is InChI=1S/C11H18/c1-2-3-4-9-7-10-5-6-11(10)8-9/h9H,2-8H2,1H3. The van der Waals surface area contributed by atoms with E-state index in [0.717, 1.165) is 5.92 Å². The lowest BCUT2D eigenvalue weighted by atomic mass is 9.92. The van der Waals surface area contributed by atoms with Gasteiger partial charge in [0.05, 0.1) is 0 Å². The average molecular weight is 150 g/mol. The molecule has 0 aromatic carbocycles. The van der Waals surface area contributed by atoms with Gasteiger partial charge in [0, 0.05) is 0 Å². The monoisotopic (exact) mass is 150 g/mol. The highest BCUT2D eigenvalue weighted by molar-refractivity contribution is 5.29. The van der Waals surface area contributed by atoms with Crippen LogP contribution in [-0.4, -0.2) is 0 Å². The fraction of sp³-hybridized carbons (Fsp3) is 0.818. The van der Waals surface area contributed by atoms with Gasteiger partial charge in [0.1, 0.15) is 0 Å². The maximum absolute atomic E-state index is 2.30. The fourth-order valence-corrected chi connectivity index (χ4v) is 2.44. The van der Waals surface area contributed by atoms with Crippen LogP contribution in [0.25, 0.3) is 0 Å². The molecule has 0 unspecified atom stereocenters. The molecule has 0 atom stereocenters. The number of allylic oxidation sites excluding steroid dienone is 2. The minimum absolute atomic E-state index is 1.06. The third-order valence-corrected chi connectivity index (χ3v) is 3.26. The smallest absolute Gasteiger partial charge is 0.0280 e. The van der Waals surface area contributed by atoms with Crippen molar-refractivity contribution in [2.45, 2.75) is 51.9 Å². The average Bonchev–Trinajstić information content (AvgIpc) is 2.25. The highest BCUT2D eigenvalue weighted by Gasteiger charge is 2.28. The zero-order valence-corrected chi connectivity index (χ0v) is 7.53. The Balaban J connectivity index is 1.76. The van der Waals surface area contributed by atoms with Crippen molar-refractivity contribution in [3.8, 4) is 0 Å². The van der Waals surface area contributed by atoms with Gasteiger partial charge < -0.3 is 0 Å². The van der Waals surface area contributed by atoms with Gasteiger partial charge in [0.25, 0.3) is 0 Å². The zero-order chi connectivity index (χ0) is 7.68. The van der Waals surface area contributed by atoms with Crippen molar-refractivity contribution < 1.29 is 0 Å². The minimum Gasteiger partial charge on any atom is -0.0704 e. The van der Waals surface area contributed by atoms with E-state index in [0.29, 0.717) is 0 Å². The van der Waals surface area contributed by atoms with Crippen LogP contribution < -0.4 is 0 Å². The molecule has 0 amide bonds. The molecule has 2 aliphatic rings. The van der Waals surface area contributed by atoms with Crippen LogP contribution in [0.1, 0.15) is 51.9 Å². The third-order valence-electron chi connectivity index (χ3n) is 3.26. The van der Waals surface area contributed by atoms with E-state index >= 15 is 0 Å². The molecule has 0 aromatic heterocycles. The summed E-state index contributed by atoms with van der Waals surface area (Å²) in [6.45, 7) is 2.30. The van der Waals surface area contributed by atoms with E-state index in [1.54, 1.807) is 0 Å². The van der Waals surface area contributed by atoms with Crippen LogP contribution in [-0.2, 0) is 0 Å². The summed E-state index contributed by atoms with van der Waals surface area (Å²) >= 11 is 0. The fourth-order valence-electron chi connectivity index (χ4n) is 2.44. The predicted octanol–water partition coefficient (Wildman–Crippen LogP) is 3.68. The van der Waals surface area contributed by atoms with Crippen LogP contribution in [0, 0.1) is 5.92 Å². The second kappa shape index (κ2) is 3.00. The summed E-state index contributed by atoms with van der Waals surface area (Å²) in [6.07, 6.45) is 10.1. The van der Waals surface area contributed by atoms with Gasteiger partial charge in [0.2, 0.25) is 0 Å². The Morgan fingerprint density at radius 1 is 1.18 bits per heavy atom. The Morgan fingerprint density at radius 2 is 1.82 bits per heavy atom. The molecule has 2 aliphatic carbocycles. The van der Waals surface area contributed by atoms with E-state index in [1.807, 2.05) is 11.1 Å². The van der Waals surface area contributed by atoms with E-state index in [4.69, 9.17) is 0 Å². The van der Waals surface area contributed by atoms with E-state index in [1.165, 1.54) is 44.9 Å². The molecule has 11 heavy (non-hydrogen) atoms. The first kappa shape index (κ1) is 7.39. The van der Waals surface area contributed by atoms with E-state index in [9.17, 15) is 0 Å². The van der Waals surface area contributed by atoms with Gasteiger partial charge in [-0.3, -0.25) is 0 Å². The Kier molecular flexibility index (Phi) is 2.02. The Bertz CT molecular complexity index is 160. The maximum atomic E-state index is 2.30. The SMILES string of the molecule is CCCCC1CC2=C(CC2)C1. The van der Waals surface area contributed by atoms with Crippen molar-refractivity contribution in [1.82, 2.24) is 0 Å². The van der Waals surface area contributed by atoms with Crippen LogP contribution in [0.4, 0.5) is 0 Å². The van der Waals surface area contributed by atoms with Crippen molar-refractivity contribution in [2.24, 2.45) is 5.92 Å². The topological polar surface area (TPSA) is 0 Å². The molecule has 0 heteroatoms. The van der Waals surface area contributed by atoms with Gasteiger partial charge in [-0.2, -0.15) is 0 Å². The first-order chi connectivity index (χ1) is 5.40. The molecule has 0 aromatic rings. The Morgan fingerprint density at radius 3 is 2.27 bits per heavy atom. The lowest BCUT2D eigenvalue weighted by Crippen LogP contribution is -1.95. The van der Waals surface area contributed by atoms with Crippen molar-refractivity contribution in [1.29, 1.82) is 0 Å². The molecule has 0 N–H and O–H groups in total. The molecular weight excluding hydrogens is 132 g/mol.